The number of non-ortho nitro benzene ring substituents is 1. The Kier molecular flexibility index (Phi) is 11.4. The Morgan fingerprint density at radius 2 is 1.69 bits per heavy atom. The van der Waals surface area contributed by atoms with Gasteiger partial charge in [-0.05, 0) is 31.4 Å². The summed E-state index contributed by atoms with van der Waals surface area (Å²) in [6.45, 7) is 8.04. The van der Waals surface area contributed by atoms with Crippen molar-refractivity contribution in [2.45, 2.75) is 83.8 Å². The molecule has 0 bridgehead atoms. The van der Waals surface area contributed by atoms with Crippen molar-refractivity contribution in [2.24, 2.45) is 5.92 Å². The molecule has 2 rings (SSSR count). The summed E-state index contributed by atoms with van der Waals surface area (Å²) in [5.74, 6) is -3.12. The monoisotopic (exact) mass is 489 g/mol. The molecule has 1 saturated heterocycles. The van der Waals surface area contributed by atoms with E-state index in [2.05, 4.69) is 13.5 Å². The number of benzene rings is 1. The van der Waals surface area contributed by atoms with Crippen LogP contribution in [0.4, 0.5) is 5.69 Å². The van der Waals surface area contributed by atoms with Gasteiger partial charge < -0.3 is 14.2 Å². The van der Waals surface area contributed by atoms with E-state index in [0.717, 1.165) is 38.5 Å². The number of nitro groups is 1. The van der Waals surface area contributed by atoms with E-state index >= 15 is 0 Å². The van der Waals surface area contributed by atoms with Gasteiger partial charge in [0.15, 0.2) is 0 Å². The summed E-state index contributed by atoms with van der Waals surface area (Å²) in [6, 6.07) is 4.85. The zero-order valence-electron chi connectivity index (χ0n) is 20.5. The van der Waals surface area contributed by atoms with Crippen LogP contribution < -0.4 is 0 Å². The number of nitrogens with zero attached hydrogens (tertiary/aromatic N) is 1. The van der Waals surface area contributed by atoms with E-state index in [-0.39, 0.29) is 23.4 Å². The van der Waals surface area contributed by atoms with Crippen molar-refractivity contribution in [3.05, 3.63) is 52.1 Å². The molecule has 1 aromatic carbocycles. The van der Waals surface area contributed by atoms with Crippen molar-refractivity contribution in [1.82, 2.24) is 0 Å². The van der Waals surface area contributed by atoms with Crippen molar-refractivity contribution >= 4 is 23.6 Å². The molecule has 9 nitrogen and oxygen atoms in total. The molecule has 1 heterocycles. The lowest BCUT2D eigenvalue weighted by Gasteiger charge is -2.25. The minimum Gasteiger partial charge on any atom is -0.463 e. The average molecular weight is 490 g/mol. The molecule has 1 aliphatic rings. The van der Waals surface area contributed by atoms with Crippen molar-refractivity contribution in [2.75, 3.05) is 6.61 Å². The summed E-state index contributed by atoms with van der Waals surface area (Å²) in [6.07, 6.45) is 6.14. The minimum atomic E-state index is -1.42. The second-order valence-corrected chi connectivity index (χ2v) is 8.70. The van der Waals surface area contributed by atoms with Gasteiger partial charge in [-0.3, -0.25) is 10.1 Å². The minimum absolute atomic E-state index is 0.0327. The van der Waals surface area contributed by atoms with E-state index in [4.69, 9.17) is 14.2 Å². The summed E-state index contributed by atoms with van der Waals surface area (Å²) in [4.78, 5) is 48.4. The molecule has 0 unspecified atom stereocenters. The van der Waals surface area contributed by atoms with Gasteiger partial charge in [0.2, 0.25) is 6.10 Å². The molecule has 0 N–H and O–H groups in total. The second-order valence-electron chi connectivity index (χ2n) is 8.70. The first kappa shape index (κ1) is 28.0. The summed E-state index contributed by atoms with van der Waals surface area (Å²) < 4.78 is 16.4. The molecule has 192 valence electrons. The third-order valence-electron chi connectivity index (χ3n) is 6.01. The van der Waals surface area contributed by atoms with Gasteiger partial charge in [0.05, 0.1) is 23.0 Å². The fraction of sp³-hybridized carbons (Fsp3) is 0.577. The maximum Gasteiger partial charge on any atom is 0.348 e. The van der Waals surface area contributed by atoms with Crippen LogP contribution in [0.1, 0.15) is 82.0 Å². The predicted molar refractivity (Wildman–Crippen MR) is 129 cm³/mol. The van der Waals surface area contributed by atoms with Gasteiger partial charge in [-0.1, -0.05) is 59.0 Å². The topological polar surface area (TPSA) is 122 Å². The molecule has 0 aromatic heterocycles. The van der Waals surface area contributed by atoms with Gasteiger partial charge in [-0.25, -0.2) is 14.4 Å². The van der Waals surface area contributed by atoms with E-state index in [0.29, 0.717) is 12.8 Å². The summed E-state index contributed by atoms with van der Waals surface area (Å²) >= 11 is 0. The molecule has 0 spiro atoms. The first-order valence-corrected chi connectivity index (χ1v) is 12.3. The van der Waals surface area contributed by atoms with Crippen LogP contribution in [0.3, 0.4) is 0 Å². The van der Waals surface area contributed by atoms with Crippen LogP contribution in [0.25, 0.3) is 0 Å². The van der Waals surface area contributed by atoms with Crippen LogP contribution in [-0.4, -0.2) is 41.6 Å². The quantitative estimate of drug-likeness (QED) is 0.0811. The van der Waals surface area contributed by atoms with E-state index in [1.807, 2.05) is 6.92 Å². The van der Waals surface area contributed by atoms with Gasteiger partial charge >= 0.3 is 17.9 Å². The van der Waals surface area contributed by atoms with Crippen LogP contribution in [0.5, 0.6) is 0 Å². The molecule has 1 fully saturated rings. The first-order chi connectivity index (χ1) is 16.8. The third kappa shape index (κ3) is 8.19. The molecule has 0 aliphatic carbocycles. The summed E-state index contributed by atoms with van der Waals surface area (Å²) in [5.41, 5.74) is -0.0838. The smallest absolute Gasteiger partial charge is 0.348 e. The highest BCUT2D eigenvalue weighted by molar-refractivity contribution is 5.95. The van der Waals surface area contributed by atoms with Crippen LogP contribution >= 0.6 is 0 Å². The van der Waals surface area contributed by atoms with Crippen molar-refractivity contribution in [3.8, 4) is 0 Å². The predicted octanol–water partition coefficient (Wildman–Crippen LogP) is 5.31. The lowest BCUT2D eigenvalue weighted by molar-refractivity contribution is -0.384. The number of esters is 3. The van der Waals surface area contributed by atoms with Crippen LogP contribution in [0.15, 0.2) is 36.4 Å². The standard InChI is InChI=1S/C26H35NO8/c1-4-6-8-9-10-11-12-21-22(18(3)24(28)34-21)23(26(30)33-17-7-5-2)35-25(29)19-13-15-20(16-14-19)27(31)32/h13-16,21-23H,3-12,17H2,1-2H3/t21-,22+,23+/m1/s1. The molecule has 3 atom stereocenters. The number of ether oxygens (including phenoxy) is 3. The van der Waals surface area contributed by atoms with Crippen LogP contribution in [0, 0.1) is 16.0 Å². The maximum atomic E-state index is 13.0. The first-order valence-electron chi connectivity index (χ1n) is 12.3. The van der Waals surface area contributed by atoms with Gasteiger partial charge in [-0.2, -0.15) is 0 Å². The molecule has 0 saturated carbocycles. The molecular formula is C26H35NO8. The van der Waals surface area contributed by atoms with Crippen molar-refractivity contribution in [3.63, 3.8) is 0 Å². The fourth-order valence-electron chi connectivity index (χ4n) is 3.96. The number of hydrogen-bond donors (Lipinski definition) is 0. The number of carbonyl (C=O) groups excluding carboxylic acids is 3. The Hall–Kier alpha value is -3.23. The molecule has 0 radical (unpaired) electrons. The molecule has 1 aromatic rings. The SMILES string of the molecule is C=C1C(=O)O[C@H](CCCCCCCC)[C@H]1[C@H](OC(=O)c1ccc([N+](=O)[O-])cc1)C(=O)OCCCC. The van der Waals surface area contributed by atoms with Gasteiger partial charge in [-0.15, -0.1) is 0 Å². The number of hydrogen-bond acceptors (Lipinski definition) is 8. The van der Waals surface area contributed by atoms with Crippen molar-refractivity contribution < 1.29 is 33.5 Å². The highest BCUT2D eigenvalue weighted by Gasteiger charge is 2.48. The zero-order chi connectivity index (χ0) is 25.8. The molecule has 0 amide bonds. The number of cyclic esters (lactones) is 1. The molecule has 1 aliphatic heterocycles. The lowest BCUT2D eigenvalue weighted by Crippen LogP contribution is -2.40. The Morgan fingerprint density at radius 3 is 2.31 bits per heavy atom. The number of nitro benzene ring substituents is 1. The normalized spacial score (nSPS) is 18.1. The van der Waals surface area contributed by atoms with E-state index in [9.17, 15) is 24.5 Å². The Morgan fingerprint density at radius 1 is 1.06 bits per heavy atom. The molecular weight excluding hydrogens is 454 g/mol. The fourth-order valence-corrected chi connectivity index (χ4v) is 3.96. The van der Waals surface area contributed by atoms with Gasteiger partial charge in [0, 0.05) is 17.7 Å². The Balaban J connectivity index is 2.18. The number of unbranched alkanes of at least 4 members (excludes halogenated alkanes) is 6. The highest BCUT2D eigenvalue weighted by atomic mass is 16.6. The van der Waals surface area contributed by atoms with Gasteiger partial charge in [0.1, 0.15) is 6.10 Å². The third-order valence-corrected chi connectivity index (χ3v) is 6.01. The van der Waals surface area contributed by atoms with Crippen molar-refractivity contribution in [1.29, 1.82) is 0 Å². The van der Waals surface area contributed by atoms with E-state index < -0.39 is 41.0 Å². The van der Waals surface area contributed by atoms with Crippen LogP contribution in [-0.2, 0) is 23.8 Å². The summed E-state index contributed by atoms with van der Waals surface area (Å²) in [5, 5.41) is 10.9. The molecule has 35 heavy (non-hydrogen) atoms. The van der Waals surface area contributed by atoms with Crippen LogP contribution in [0.2, 0.25) is 0 Å². The summed E-state index contributed by atoms with van der Waals surface area (Å²) in [7, 11) is 0. The number of rotatable bonds is 15. The molecule has 9 heteroatoms. The second kappa shape index (κ2) is 14.2. The number of carbonyl (C=O) groups is 3. The van der Waals surface area contributed by atoms with Gasteiger partial charge in [0.25, 0.3) is 5.69 Å². The van der Waals surface area contributed by atoms with E-state index in [1.165, 1.54) is 30.7 Å². The highest BCUT2D eigenvalue weighted by Crippen LogP contribution is 2.35. The Labute approximate surface area is 206 Å². The zero-order valence-corrected chi connectivity index (χ0v) is 20.5. The lowest BCUT2D eigenvalue weighted by atomic mass is 9.88. The Bertz CT molecular complexity index is 895. The average Bonchev–Trinajstić information content (AvgIpc) is 3.12. The largest absolute Gasteiger partial charge is 0.463 e. The maximum absolute atomic E-state index is 13.0. The van der Waals surface area contributed by atoms with E-state index in [1.54, 1.807) is 0 Å².